The van der Waals surface area contributed by atoms with Gasteiger partial charge in [0.15, 0.2) is 23.0 Å². The summed E-state index contributed by atoms with van der Waals surface area (Å²) in [5.74, 6) is 1.20. The largest absolute Gasteiger partial charge is 0.493 e. The fourth-order valence-electron chi connectivity index (χ4n) is 2.62. The van der Waals surface area contributed by atoms with Crippen molar-refractivity contribution < 1.29 is 28.5 Å². The van der Waals surface area contributed by atoms with E-state index >= 15 is 0 Å². The van der Waals surface area contributed by atoms with Gasteiger partial charge in [0, 0.05) is 5.56 Å². The second-order valence-electron chi connectivity index (χ2n) is 6.18. The van der Waals surface area contributed by atoms with Gasteiger partial charge in [0.05, 0.1) is 24.3 Å². The molecule has 3 rings (SSSR count). The molecular weight excluding hydrogens is 470 g/mol. The number of halogens is 1. The zero-order valence-corrected chi connectivity index (χ0v) is 18.2. The van der Waals surface area contributed by atoms with Gasteiger partial charge < -0.3 is 24.3 Å². The Hall–Kier alpha value is -3.53. The smallest absolute Gasteiger partial charge is 0.259 e. The highest BCUT2D eigenvalue weighted by atomic mass is 79.9. The van der Waals surface area contributed by atoms with E-state index in [1.165, 1.54) is 13.3 Å². The predicted molar refractivity (Wildman–Crippen MR) is 117 cm³/mol. The number of nitrogens with zero attached hydrogens (tertiary/aromatic N) is 1. The van der Waals surface area contributed by atoms with Crippen LogP contribution in [0.3, 0.4) is 0 Å². The van der Waals surface area contributed by atoms with Gasteiger partial charge in [-0.05, 0) is 51.8 Å². The summed E-state index contributed by atoms with van der Waals surface area (Å²) >= 11 is 3.42. The van der Waals surface area contributed by atoms with Crippen molar-refractivity contribution >= 4 is 34.0 Å². The van der Waals surface area contributed by atoms with Gasteiger partial charge in [-0.1, -0.05) is 12.7 Å². The number of carbonyl (C=O) groups excluding carboxylic acids is 2. The van der Waals surface area contributed by atoms with E-state index < -0.39 is 11.8 Å². The Labute approximate surface area is 187 Å². The Bertz CT molecular complexity index is 1020. The molecule has 0 radical (unpaired) electrons. The molecule has 0 aromatic heterocycles. The summed E-state index contributed by atoms with van der Waals surface area (Å²) in [4.78, 5) is 24.2. The molecule has 2 N–H and O–H groups in total. The number of carbonyl (C=O) groups is 2. The lowest BCUT2D eigenvalue weighted by atomic mass is 10.2. The van der Waals surface area contributed by atoms with Crippen LogP contribution in [0.5, 0.6) is 23.0 Å². The van der Waals surface area contributed by atoms with Crippen LogP contribution in [-0.2, 0) is 4.79 Å². The third kappa shape index (κ3) is 5.76. The van der Waals surface area contributed by atoms with E-state index in [-0.39, 0.29) is 13.3 Å². The van der Waals surface area contributed by atoms with Crippen LogP contribution in [-0.4, -0.2) is 45.1 Å². The Morgan fingerprint density at radius 1 is 1.26 bits per heavy atom. The van der Waals surface area contributed by atoms with E-state index in [0.29, 0.717) is 45.2 Å². The number of rotatable bonds is 9. The van der Waals surface area contributed by atoms with E-state index in [2.05, 4.69) is 38.4 Å². The average Bonchev–Trinajstić information content (AvgIpc) is 3.24. The lowest BCUT2D eigenvalue weighted by Crippen LogP contribution is -2.34. The number of hydrazone groups is 1. The SMILES string of the molecule is C=CCOc1c(Br)cc(/C=N\NC(=O)CNC(=O)c2ccc3c(c2)OCO3)cc1OC. The molecule has 0 aliphatic carbocycles. The summed E-state index contributed by atoms with van der Waals surface area (Å²) in [6, 6.07) is 8.26. The lowest BCUT2D eigenvalue weighted by molar-refractivity contribution is -0.120. The molecule has 9 nitrogen and oxygen atoms in total. The molecule has 162 valence electrons. The zero-order chi connectivity index (χ0) is 22.2. The lowest BCUT2D eigenvalue weighted by Gasteiger charge is -2.12. The monoisotopic (exact) mass is 489 g/mol. The molecule has 0 saturated carbocycles. The molecule has 1 aliphatic heterocycles. The van der Waals surface area contributed by atoms with Crippen LogP contribution < -0.4 is 29.7 Å². The molecule has 0 bridgehead atoms. The Morgan fingerprint density at radius 2 is 2.06 bits per heavy atom. The molecule has 0 atom stereocenters. The van der Waals surface area contributed by atoms with Gasteiger partial charge in [0.1, 0.15) is 6.61 Å². The van der Waals surface area contributed by atoms with Gasteiger partial charge >= 0.3 is 0 Å². The van der Waals surface area contributed by atoms with Gasteiger partial charge in [-0.3, -0.25) is 9.59 Å². The summed E-state index contributed by atoms with van der Waals surface area (Å²) in [5, 5.41) is 6.42. The van der Waals surface area contributed by atoms with E-state index in [1.54, 1.807) is 36.4 Å². The summed E-state index contributed by atoms with van der Waals surface area (Å²) in [7, 11) is 1.52. The third-order valence-electron chi connectivity index (χ3n) is 4.04. The molecular formula is C21H20BrN3O6. The van der Waals surface area contributed by atoms with Crippen LogP contribution >= 0.6 is 15.9 Å². The molecule has 0 spiro atoms. The number of methoxy groups -OCH3 is 1. The second kappa shape index (κ2) is 10.5. The van der Waals surface area contributed by atoms with Crippen molar-refractivity contribution in [1.82, 2.24) is 10.7 Å². The Kier molecular flexibility index (Phi) is 7.50. The molecule has 2 aromatic carbocycles. The van der Waals surface area contributed by atoms with Gasteiger partial charge in [-0.2, -0.15) is 5.10 Å². The number of nitrogens with one attached hydrogen (secondary N) is 2. The fourth-order valence-corrected chi connectivity index (χ4v) is 3.19. The highest BCUT2D eigenvalue weighted by Gasteiger charge is 2.16. The van der Waals surface area contributed by atoms with Crippen LogP contribution in [0, 0.1) is 0 Å². The number of amides is 2. The highest BCUT2D eigenvalue weighted by Crippen LogP contribution is 2.36. The number of fused-ring (bicyclic) bond motifs is 1. The summed E-state index contributed by atoms with van der Waals surface area (Å²) in [6.45, 7) is 3.82. The van der Waals surface area contributed by atoms with Crippen molar-refractivity contribution in [3.8, 4) is 23.0 Å². The molecule has 0 saturated heterocycles. The summed E-state index contributed by atoms with van der Waals surface area (Å²) in [6.07, 6.45) is 3.07. The van der Waals surface area contributed by atoms with Gasteiger partial charge in [0.2, 0.25) is 6.79 Å². The maximum atomic E-state index is 12.2. The number of hydrogen-bond acceptors (Lipinski definition) is 7. The summed E-state index contributed by atoms with van der Waals surface area (Å²) < 4.78 is 22.0. The quantitative estimate of drug-likeness (QED) is 0.318. The minimum absolute atomic E-state index is 0.119. The first-order valence-electron chi connectivity index (χ1n) is 9.12. The molecule has 31 heavy (non-hydrogen) atoms. The normalized spacial score (nSPS) is 11.8. The molecule has 1 aliphatic rings. The standard InChI is InChI=1S/C21H20BrN3O6/c1-3-6-29-20-15(22)7-13(8-18(20)28-2)10-24-25-19(26)11-23-21(27)14-4-5-16-17(9-14)31-12-30-16/h3-5,7-10H,1,6,11-12H2,2H3,(H,23,27)(H,25,26)/b24-10-. The molecule has 2 aromatic rings. The first kappa shape index (κ1) is 22.2. The van der Waals surface area contributed by atoms with Crippen LogP contribution in [0.15, 0.2) is 52.6 Å². The molecule has 0 fully saturated rings. The van der Waals surface area contributed by atoms with Gasteiger partial charge in [-0.25, -0.2) is 5.43 Å². The zero-order valence-electron chi connectivity index (χ0n) is 16.6. The van der Waals surface area contributed by atoms with E-state index in [4.69, 9.17) is 18.9 Å². The maximum absolute atomic E-state index is 12.2. The van der Waals surface area contributed by atoms with E-state index in [1.807, 2.05) is 0 Å². The van der Waals surface area contributed by atoms with Crippen molar-refractivity contribution in [2.75, 3.05) is 27.1 Å². The fraction of sp³-hybridized carbons (Fsp3) is 0.190. The molecule has 1 heterocycles. The minimum atomic E-state index is -0.484. The highest BCUT2D eigenvalue weighted by molar-refractivity contribution is 9.10. The Balaban J connectivity index is 1.52. The van der Waals surface area contributed by atoms with Crippen molar-refractivity contribution in [3.05, 3.63) is 58.6 Å². The number of benzene rings is 2. The van der Waals surface area contributed by atoms with Crippen LogP contribution in [0.4, 0.5) is 0 Å². The van der Waals surface area contributed by atoms with Crippen LogP contribution in [0.1, 0.15) is 15.9 Å². The minimum Gasteiger partial charge on any atom is -0.493 e. The molecule has 10 heteroatoms. The average molecular weight is 490 g/mol. The van der Waals surface area contributed by atoms with E-state index in [9.17, 15) is 9.59 Å². The van der Waals surface area contributed by atoms with Gasteiger partial charge in [-0.15, -0.1) is 0 Å². The summed E-state index contributed by atoms with van der Waals surface area (Å²) in [5.41, 5.74) is 3.38. The van der Waals surface area contributed by atoms with Gasteiger partial charge in [0.25, 0.3) is 11.8 Å². The van der Waals surface area contributed by atoms with Crippen LogP contribution in [0.2, 0.25) is 0 Å². The second-order valence-corrected chi connectivity index (χ2v) is 7.03. The molecule has 2 amide bonds. The maximum Gasteiger partial charge on any atom is 0.259 e. The van der Waals surface area contributed by atoms with Crippen LogP contribution in [0.25, 0.3) is 0 Å². The van der Waals surface area contributed by atoms with Crippen molar-refractivity contribution in [2.24, 2.45) is 5.10 Å². The molecule has 0 unspecified atom stereocenters. The first-order valence-corrected chi connectivity index (χ1v) is 9.92. The van der Waals surface area contributed by atoms with Crippen molar-refractivity contribution in [1.29, 1.82) is 0 Å². The predicted octanol–water partition coefficient (Wildman–Crippen LogP) is 2.63. The van der Waals surface area contributed by atoms with Crippen molar-refractivity contribution in [2.45, 2.75) is 0 Å². The first-order chi connectivity index (χ1) is 15.0. The van der Waals surface area contributed by atoms with Crippen molar-refractivity contribution in [3.63, 3.8) is 0 Å². The number of ether oxygens (including phenoxy) is 4. The Morgan fingerprint density at radius 3 is 2.84 bits per heavy atom. The van der Waals surface area contributed by atoms with E-state index in [0.717, 1.165) is 0 Å². The topological polar surface area (TPSA) is 107 Å². The third-order valence-corrected chi connectivity index (χ3v) is 4.63. The number of hydrogen-bond donors (Lipinski definition) is 2.